The lowest BCUT2D eigenvalue weighted by Gasteiger charge is -2.30. The fourth-order valence-electron chi connectivity index (χ4n) is 4.25. The zero-order valence-electron chi connectivity index (χ0n) is 20.5. The number of Topliss-reactive ketones (excluding diaryl/α,β-unsaturated/α-hetero) is 1. The fraction of sp³-hybridized carbons (Fsp3) is 0.321. The van der Waals surface area contributed by atoms with Crippen molar-refractivity contribution in [1.82, 2.24) is 9.47 Å². The minimum Gasteiger partial charge on any atom is -0.341 e. The molecule has 2 aromatic carbocycles. The van der Waals surface area contributed by atoms with Gasteiger partial charge in [0.05, 0.1) is 10.1 Å². The molecule has 0 N–H and O–H groups in total. The van der Waals surface area contributed by atoms with Crippen molar-refractivity contribution in [2.45, 2.75) is 39.4 Å². The molecule has 194 valence electrons. The van der Waals surface area contributed by atoms with Gasteiger partial charge < -0.3 is 4.90 Å². The first-order chi connectivity index (χ1) is 17.5. The van der Waals surface area contributed by atoms with Gasteiger partial charge >= 0.3 is 6.18 Å². The van der Waals surface area contributed by atoms with Gasteiger partial charge in [0.25, 0.3) is 5.56 Å². The molecule has 1 fully saturated rings. The van der Waals surface area contributed by atoms with Crippen LogP contribution in [0.5, 0.6) is 0 Å². The normalized spacial score (nSPS) is 15.9. The molecular formula is C28H27F3N2O3S. The SMILES string of the molecule is Cc1ccccc1C(=O)C=c1sc(=Cc2ccc(C(F)(F)F)cc2)c(=O)n1CC(=O)N1CCC(C)CC1. The van der Waals surface area contributed by atoms with Gasteiger partial charge in [-0.15, -0.1) is 11.3 Å². The van der Waals surface area contributed by atoms with Crippen LogP contribution in [0.25, 0.3) is 12.2 Å². The van der Waals surface area contributed by atoms with Crippen molar-refractivity contribution in [1.29, 1.82) is 0 Å². The van der Waals surface area contributed by atoms with Crippen LogP contribution in [0.2, 0.25) is 0 Å². The molecule has 0 spiro atoms. The van der Waals surface area contributed by atoms with E-state index in [-0.39, 0.29) is 22.8 Å². The Labute approximate surface area is 216 Å². The Bertz CT molecular complexity index is 1480. The van der Waals surface area contributed by atoms with E-state index in [0.717, 1.165) is 41.9 Å². The molecule has 37 heavy (non-hydrogen) atoms. The summed E-state index contributed by atoms with van der Waals surface area (Å²) in [6.07, 6.45) is 0.152. The van der Waals surface area contributed by atoms with Crippen molar-refractivity contribution < 1.29 is 22.8 Å². The predicted molar refractivity (Wildman–Crippen MR) is 138 cm³/mol. The Morgan fingerprint density at radius 3 is 2.32 bits per heavy atom. The van der Waals surface area contributed by atoms with E-state index in [1.165, 1.54) is 28.9 Å². The number of rotatable bonds is 5. The third-order valence-corrected chi connectivity index (χ3v) is 7.63. The van der Waals surface area contributed by atoms with Gasteiger partial charge in [0.2, 0.25) is 5.91 Å². The second-order valence-corrected chi connectivity index (χ2v) is 10.4. The van der Waals surface area contributed by atoms with Crippen molar-refractivity contribution in [2.75, 3.05) is 13.1 Å². The number of likely N-dealkylation sites (tertiary alicyclic amines) is 1. The molecule has 2 heterocycles. The lowest BCUT2D eigenvalue weighted by atomic mass is 9.99. The number of hydrogen-bond donors (Lipinski definition) is 0. The zero-order valence-corrected chi connectivity index (χ0v) is 21.4. The van der Waals surface area contributed by atoms with Gasteiger partial charge in [-0.2, -0.15) is 13.2 Å². The number of ketones is 1. The van der Waals surface area contributed by atoms with Crippen LogP contribution in [0.4, 0.5) is 13.2 Å². The second kappa shape index (κ2) is 10.9. The molecule has 4 rings (SSSR count). The quantitative estimate of drug-likeness (QED) is 0.471. The van der Waals surface area contributed by atoms with Crippen LogP contribution in [-0.4, -0.2) is 34.2 Å². The first-order valence-electron chi connectivity index (χ1n) is 12.0. The highest BCUT2D eigenvalue weighted by Gasteiger charge is 2.29. The first-order valence-corrected chi connectivity index (χ1v) is 12.8. The summed E-state index contributed by atoms with van der Waals surface area (Å²) in [5.41, 5.74) is 0.426. The van der Waals surface area contributed by atoms with E-state index in [4.69, 9.17) is 0 Å². The number of carbonyl (C=O) groups excluding carboxylic acids is 2. The van der Waals surface area contributed by atoms with E-state index in [2.05, 4.69) is 6.92 Å². The standard InChI is InChI=1S/C28H27F3N2O3S/c1-18-11-13-32(14-12-18)25(35)17-33-26(16-23(34)22-6-4-3-5-19(22)2)37-24(27(33)36)15-20-7-9-21(10-8-20)28(29,30)31/h3-10,15-16,18H,11-14,17H2,1-2H3. The average Bonchev–Trinajstić information content (AvgIpc) is 3.13. The Kier molecular flexibility index (Phi) is 7.82. The number of thiazole rings is 1. The number of hydrogen-bond acceptors (Lipinski definition) is 4. The van der Waals surface area contributed by atoms with Gasteiger partial charge in [0, 0.05) is 24.7 Å². The maximum Gasteiger partial charge on any atom is 0.416 e. The first kappa shape index (κ1) is 26.6. The zero-order chi connectivity index (χ0) is 26.7. The number of halogens is 3. The maximum atomic E-state index is 13.3. The monoisotopic (exact) mass is 528 g/mol. The Hall–Kier alpha value is -3.46. The van der Waals surface area contributed by atoms with Crippen LogP contribution < -0.4 is 14.8 Å². The summed E-state index contributed by atoms with van der Waals surface area (Å²) in [5.74, 6) is 0.0350. The molecule has 0 unspecified atom stereocenters. The van der Waals surface area contributed by atoms with Gasteiger partial charge in [-0.1, -0.05) is 43.3 Å². The Morgan fingerprint density at radius 1 is 1.05 bits per heavy atom. The highest BCUT2D eigenvalue weighted by atomic mass is 32.1. The minimum atomic E-state index is -4.46. The predicted octanol–water partition coefficient (Wildman–Crippen LogP) is 3.99. The molecule has 1 aliphatic heterocycles. The van der Waals surface area contributed by atoms with Crippen LogP contribution >= 0.6 is 11.3 Å². The Balaban J connectivity index is 1.75. The Morgan fingerprint density at radius 2 is 1.70 bits per heavy atom. The molecule has 0 aliphatic carbocycles. The van der Waals surface area contributed by atoms with Gasteiger partial charge in [-0.25, -0.2) is 0 Å². The van der Waals surface area contributed by atoms with E-state index >= 15 is 0 Å². The average molecular weight is 529 g/mol. The molecule has 0 atom stereocenters. The number of amides is 1. The van der Waals surface area contributed by atoms with Crippen molar-refractivity contribution in [3.63, 3.8) is 0 Å². The van der Waals surface area contributed by atoms with E-state index in [1.54, 1.807) is 17.0 Å². The summed E-state index contributed by atoms with van der Waals surface area (Å²) in [4.78, 5) is 41.2. The summed E-state index contributed by atoms with van der Waals surface area (Å²) in [6, 6.07) is 11.6. The van der Waals surface area contributed by atoms with Crippen LogP contribution in [-0.2, 0) is 17.5 Å². The largest absolute Gasteiger partial charge is 0.416 e. The van der Waals surface area contributed by atoms with Crippen LogP contribution in [0, 0.1) is 12.8 Å². The molecule has 1 aromatic heterocycles. The van der Waals surface area contributed by atoms with Crippen LogP contribution in [0.15, 0.2) is 53.3 Å². The summed E-state index contributed by atoms with van der Waals surface area (Å²) in [7, 11) is 0. The molecule has 5 nitrogen and oxygen atoms in total. The summed E-state index contributed by atoms with van der Waals surface area (Å²) >= 11 is 1.03. The molecule has 0 radical (unpaired) electrons. The van der Waals surface area contributed by atoms with E-state index < -0.39 is 17.3 Å². The lowest BCUT2D eigenvalue weighted by Crippen LogP contribution is -2.43. The summed E-state index contributed by atoms with van der Waals surface area (Å²) in [5, 5.41) is 0. The molecular weight excluding hydrogens is 501 g/mol. The van der Waals surface area contributed by atoms with Crippen LogP contribution in [0.3, 0.4) is 0 Å². The third-order valence-electron chi connectivity index (χ3n) is 6.57. The summed E-state index contributed by atoms with van der Waals surface area (Å²) < 4.78 is 40.6. The number of piperidine rings is 1. The second-order valence-electron chi connectivity index (χ2n) is 9.35. The molecule has 9 heteroatoms. The number of aromatic nitrogens is 1. The molecule has 0 saturated carbocycles. The molecule has 0 bridgehead atoms. The van der Waals surface area contributed by atoms with Crippen molar-refractivity contribution in [2.24, 2.45) is 5.92 Å². The van der Waals surface area contributed by atoms with Crippen LogP contribution in [0.1, 0.15) is 46.8 Å². The number of alkyl halides is 3. The van der Waals surface area contributed by atoms with Gasteiger partial charge in [-0.3, -0.25) is 19.0 Å². The smallest absolute Gasteiger partial charge is 0.341 e. The number of carbonyl (C=O) groups is 2. The van der Waals surface area contributed by atoms with E-state index in [9.17, 15) is 27.6 Å². The van der Waals surface area contributed by atoms with Gasteiger partial charge in [-0.05, 0) is 55.0 Å². The molecule has 1 saturated heterocycles. The number of nitrogens with zero attached hydrogens (tertiary/aromatic N) is 2. The molecule has 1 aliphatic rings. The topological polar surface area (TPSA) is 59.4 Å². The van der Waals surface area contributed by atoms with E-state index in [0.29, 0.717) is 34.8 Å². The van der Waals surface area contributed by atoms with Crippen molar-refractivity contribution in [3.05, 3.63) is 90.3 Å². The number of benzene rings is 2. The maximum absolute atomic E-state index is 13.3. The highest BCUT2D eigenvalue weighted by molar-refractivity contribution is 7.07. The number of aryl methyl sites for hydroxylation is 1. The molecule has 1 amide bonds. The summed E-state index contributed by atoms with van der Waals surface area (Å²) in [6.45, 7) is 4.97. The third kappa shape index (κ3) is 6.28. The van der Waals surface area contributed by atoms with Crippen molar-refractivity contribution >= 4 is 35.2 Å². The van der Waals surface area contributed by atoms with Crippen molar-refractivity contribution in [3.8, 4) is 0 Å². The fourth-order valence-corrected chi connectivity index (χ4v) is 5.29. The van der Waals surface area contributed by atoms with Gasteiger partial charge in [0.1, 0.15) is 11.2 Å². The highest BCUT2D eigenvalue weighted by Crippen LogP contribution is 2.29. The minimum absolute atomic E-state index is 0.203. The van der Waals surface area contributed by atoms with E-state index in [1.807, 2.05) is 19.1 Å². The molecule has 3 aromatic rings. The lowest BCUT2D eigenvalue weighted by molar-refractivity contribution is -0.137. The van der Waals surface area contributed by atoms with Gasteiger partial charge in [0.15, 0.2) is 5.78 Å².